The van der Waals surface area contributed by atoms with Gasteiger partial charge in [-0.15, -0.1) is 0 Å². The molecule has 0 saturated carbocycles. The van der Waals surface area contributed by atoms with Crippen molar-refractivity contribution in [3.63, 3.8) is 0 Å². The number of aromatic nitrogens is 2. The zero-order valence-corrected chi connectivity index (χ0v) is 18.2. The second-order valence-electron chi connectivity index (χ2n) is 7.85. The number of benzene rings is 1. The maximum absolute atomic E-state index is 12.5. The van der Waals surface area contributed by atoms with Gasteiger partial charge in [-0.25, -0.2) is 4.98 Å². The van der Waals surface area contributed by atoms with Crippen LogP contribution in [0.5, 0.6) is 0 Å². The molecule has 0 N–H and O–H groups in total. The Balaban J connectivity index is 1.52. The van der Waals surface area contributed by atoms with Crippen LogP contribution < -0.4 is 4.90 Å². The number of hydrogen-bond donors (Lipinski definition) is 0. The molecule has 0 aliphatic carbocycles. The van der Waals surface area contributed by atoms with Crippen LogP contribution in [0.25, 0.3) is 0 Å². The normalized spacial score (nSPS) is 17.2. The molecule has 28 heavy (non-hydrogen) atoms. The van der Waals surface area contributed by atoms with E-state index in [1.807, 2.05) is 0 Å². The molecule has 1 atom stereocenters. The largest absolute Gasteiger partial charge is 0.343 e. The van der Waals surface area contributed by atoms with Crippen molar-refractivity contribution >= 4 is 22.6 Å². The second-order valence-corrected chi connectivity index (χ2v) is 8.58. The van der Waals surface area contributed by atoms with Gasteiger partial charge in [0.05, 0.1) is 0 Å². The molecule has 0 radical (unpaired) electrons. The van der Waals surface area contributed by atoms with Gasteiger partial charge in [-0.3, -0.25) is 4.79 Å². The first kappa shape index (κ1) is 20.8. The molecular formula is C22H32N4OS. The highest BCUT2D eigenvalue weighted by atomic mass is 32.1. The summed E-state index contributed by atoms with van der Waals surface area (Å²) >= 11 is 1.47. The first-order valence-corrected chi connectivity index (χ1v) is 11.3. The van der Waals surface area contributed by atoms with Gasteiger partial charge in [-0.2, -0.15) is 4.37 Å². The Bertz CT molecular complexity index is 758. The van der Waals surface area contributed by atoms with Crippen LogP contribution in [0.2, 0.25) is 0 Å². The van der Waals surface area contributed by atoms with E-state index in [9.17, 15) is 4.79 Å². The lowest BCUT2D eigenvalue weighted by Crippen LogP contribution is -2.54. The fraction of sp³-hybridized carbons (Fsp3) is 0.591. The Labute approximate surface area is 172 Å². The topological polar surface area (TPSA) is 49.3 Å². The van der Waals surface area contributed by atoms with Gasteiger partial charge in [-0.05, 0) is 25.8 Å². The number of carbonyl (C=O) groups excluding carboxylic acids is 1. The minimum atomic E-state index is 0.219. The molecule has 152 valence electrons. The van der Waals surface area contributed by atoms with Crippen LogP contribution in [0.1, 0.15) is 62.9 Å². The van der Waals surface area contributed by atoms with Crippen LogP contribution in [-0.4, -0.2) is 45.8 Å². The molecule has 6 heteroatoms. The Morgan fingerprint density at radius 1 is 1.18 bits per heavy atom. The van der Waals surface area contributed by atoms with Crippen LogP contribution in [0.3, 0.4) is 0 Å². The fourth-order valence-electron chi connectivity index (χ4n) is 3.68. The van der Waals surface area contributed by atoms with Crippen LogP contribution >= 0.6 is 11.5 Å². The van der Waals surface area contributed by atoms with Gasteiger partial charge >= 0.3 is 0 Å². The maximum atomic E-state index is 12.5. The van der Waals surface area contributed by atoms with E-state index in [1.54, 1.807) is 0 Å². The Morgan fingerprint density at radius 3 is 2.68 bits per heavy atom. The summed E-state index contributed by atoms with van der Waals surface area (Å²) in [5, 5.41) is 0.976. The molecule has 1 aromatic carbocycles. The number of anilines is 1. The van der Waals surface area contributed by atoms with Crippen LogP contribution in [0, 0.1) is 6.92 Å². The van der Waals surface area contributed by atoms with E-state index < -0.39 is 0 Å². The smallest absolute Gasteiger partial charge is 0.222 e. The molecule has 0 unspecified atom stereocenters. The quantitative estimate of drug-likeness (QED) is 0.615. The minimum Gasteiger partial charge on any atom is -0.343 e. The van der Waals surface area contributed by atoms with Crippen molar-refractivity contribution in [1.29, 1.82) is 0 Å². The van der Waals surface area contributed by atoms with Gasteiger partial charge in [0.2, 0.25) is 11.0 Å². The average Bonchev–Trinajstić information content (AvgIpc) is 3.15. The minimum absolute atomic E-state index is 0.219. The third-order valence-electron chi connectivity index (χ3n) is 5.40. The summed E-state index contributed by atoms with van der Waals surface area (Å²) in [6, 6.07) is 8.76. The Morgan fingerprint density at radius 2 is 1.96 bits per heavy atom. The highest BCUT2D eigenvalue weighted by molar-refractivity contribution is 7.09. The fourth-order valence-corrected chi connectivity index (χ4v) is 4.40. The number of unbranched alkanes of at least 4 members (excludes halogenated alkanes) is 3. The van der Waals surface area contributed by atoms with Gasteiger partial charge in [0.15, 0.2) is 0 Å². The van der Waals surface area contributed by atoms with Crippen molar-refractivity contribution in [1.82, 2.24) is 14.3 Å². The maximum Gasteiger partial charge on any atom is 0.222 e. The molecule has 1 amide bonds. The summed E-state index contributed by atoms with van der Waals surface area (Å²) < 4.78 is 4.55. The number of aryl methyl sites for hydroxylation is 1. The van der Waals surface area contributed by atoms with E-state index in [0.717, 1.165) is 49.9 Å². The molecule has 3 rings (SSSR count). The lowest BCUT2D eigenvalue weighted by Gasteiger charge is -2.39. The summed E-state index contributed by atoms with van der Waals surface area (Å²) in [5.74, 6) is 1.19. The van der Waals surface area contributed by atoms with Gasteiger partial charge < -0.3 is 9.80 Å². The third-order valence-corrected chi connectivity index (χ3v) is 6.22. The van der Waals surface area contributed by atoms with E-state index >= 15 is 0 Å². The lowest BCUT2D eigenvalue weighted by atomic mass is 10.1. The van der Waals surface area contributed by atoms with E-state index in [1.165, 1.54) is 35.5 Å². The summed E-state index contributed by atoms with van der Waals surface area (Å²) in [6.45, 7) is 8.89. The van der Waals surface area contributed by atoms with Crippen molar-refractivity contribution < 1.29 is 4.79 Å². The van der Waals surface area contributed by atoms with Gasteiger partial charge in [0.1, 0.15) is 5.82 Å². The van der Waals surface area contributed by atoms with Crippen LogP contribution in [-0.2, 0) is 11.2 Å². The highest BCUT2D eigenvalue weighted by Crippen LogP contribution is 2.23. The zero-order valence-electron chi connectivity index (χ0n) is 17.4. The van der Waals surface area contributed by atoms with Crippen molar-refractivity contribution in [2.75, 3.05) is 24.5 Å². The van der Waals surface area contributed by atoms with E-state index in [-0.39, 0.29) is 6.04 Å². The van der Waals surface area contributed by atoms with Crippen molar-refractivity contribution in [2.45, 2.75) is 65.3 Å². The Kier molecular flexibility index (Phi) is 7.43. The van der Waals surface area contributed by atoms with Crippen LogP contribution in [0.15, 0.2) is 24.3 Å². The molecule has 1 aromatic heterocycles. The van der Waals surface area contributed by atoms with E-state index in [4.69, 9.17) is 4.98 Å². The molecule has 1 saturated heterocycles. The summed E-state index contributed by atoms with van der Waals surface area (Å²) in [7, 11) is 0. The molecule has 0 spiro atoms. The predicted molar refractivity (Wildman–Crippen MR) is 116 cm³/mol. The number of carbonyl (C=O) groups is 1. The first-order chi connectivity index (χ1) is 13.6. The molecule has 5 nitrogen and oxygen atoms in total. The van der Waals surface area contributed by atoms with Gasteiger partial charge in [-0.1, -0.05) is 56.0 Å². The first-order valence-electron chi connectivity index (χ1n) is 10.5. The predicted octanol–water partition coefficient (Wildman–Crippen LogP) is 4.44. The van der Waals surface area contributed by atoms with E-state index in [0.29, 0.717) is 12.3 Å². The number of rotatable bonds is 8. The molecule has 1 aliphatic heterocycles. The standard InChI is InChI=1S/C22H32N4OS/c1-4-5-6-7-8-21(27)26-14-13-25(16-18(26)3)22-23-20(24-28-22)15-19-11-9-17(2)10-12-19/h9-12,18H,4-8,13-16H2,1-3H3/t18-/m1/s1. The number of amides is 1. The highest BCUT2D eigenvalue weighted by Gasteiger charge is 2.28. The molecule has 0 bridgehead atoms. The molecule has 1 fully saturated rings. The number of piperazine rings is 1. The Hall–Kier alpha value is -1.95. The third kappa shape index (κ3) is 5.53. The van der Waals surface area contributed by atoms with Crippen molar-refractivity contribution in [3.05, 3.63) is 41.2 Å². The average molecular weight is 401 g/mol. The monoisotopic (exact) mass is 400 g/mol. The summed E-state index contributed by atoms with van der Waals surface area (Å²) in [4.78, 5) is 21.6. The molecule has 2 aromatic rings. The number of nitrogens with zero attached hydrogens (tertiary/aromatic N) is 4. The zero-order chi connectivity index (χ0) is 19.9. The SMILES string of the molecule is CCCCCCC(=O)N1CCN(c2nc(Cc3ccc(C)cc3)ns2)C[C@H]1C. The second kappa shape index (κ2) is 10.0. The van der Waals surface area contributed by atoms with Crippen molar-refractivity contribution in [3.8, 4) is 0 Å². The summed E-state index contributed by atoms with van der Waals surface area (Å²) in [5.41, 5.74) is 2.50. The lowest BCUT2D eigenvalue weighted by molar-refractivity contribution is -0.133. The van der Waals surface area contributed by atoms with Gasteiger partial charge in [0, 0.05) is 50.1 Å². The molecular weight excluding hydrogens is 368 g/mol. The summed E-state index contributed by atoms with van der Waals surface area (Å²) in [6.07, 6.45) is 6.05. The van der Waals surface area contributed by atoms with Gasteiger partial charge in [0.25, 0.3) is 0 Å². The van der Waals surface area contributed by atoms with E-state index in [2.05, 4.69) is 59.2 Å². The van der Waals surface area contributed by atoms with Crippen LogP contribution in [0.4, 0.5) is 5.13 Å². The number of hydrogen-bond acceptors (Lipinski definition) is 5. The molecule has 2 heterocycles. The van der Waals surface area contributed by atoms with Crippen molar-refractivity contribution in [2.24, 2.45) is 0 Å². The molecule has 1 aliphatic rings.